The van der Waals surface area contributed by atoms with Gasteiger partial charge in [-0.05, 0) is 34.7 Å². The molecule has 116 valence electrons. The maximum absolute atomic E-state index is 11.3. The van der Waals surface area contributed by atoms with Crippen LogP contribution in [0, 0.1) is 0 Å². The number of rotatable bonds is 6. The fourth-order valence-electron chi connectivity index (χ4n) is 2.41. The lowest BCUT2D eigenvalue weighted by atomic mass is 9.91. The van der Waals surface area contributed by atoms with Crippen LogP contribution in [-0.4, -0.2) is 26.1 Å². The van der Waals surface area contributed by atoms with Crippen LogP contribution in [0.2, 0.25) is 0 Å². The molecule has 0 aliphatic heterocycles. The van der Waals surface area contributed by atoms with E-state index in [0.29, 0.717) is 6.54 Å². The number of amides is 1. The van der Waals surface area contributed by atoms with E-state index in [1.54, 1.807) is 7.11 Å². The minimum Gasteiger partial charge on any atom is -0.497 e. The Morgan fingerprint density at radius 1 is 1.18 bits per heavy atom. The Morgan fingerprint density at radius 2 is 1.86 bits per heavy atom. The average Bonchev–Trinajstić information content (AvgIpc) is 2.59. The molecular formula is C18H22N2O2. The van der Waals surface area contributed by atoms with E-state index in [-0.39, 0.29) is 18.4 Å². The minimum absolute atomic E-state index is 0.0207. The second-order valence-corrected chi connectivity index (χ2v) is 5.23. The number of carbonyl (C=O) groups excluding carboxylic acids is 1. The number of benzene rings is 2. The highest BCUT2D eigenvalue weighted by Crippen LogP contribution is 2.30. The van der Waals surface area contributed by atoms with Crippen LogP contribution in [0.4, 0.5) is 0 Å². The highest BCUT2D eigenvalue weighted by molar-refractivity contribution is 5.78. The summed E-state index contributed by atoms with van der Waals surface area (Å²) in [6, 6.07) is 16.2. The summed E-state index contributed by atoms with van der Waals surface area (Å²) >= 11 is 0. The summed E-state index contributed by atoms with van der Waals surface area (Å²) in [4.78, 5) is 11.3. The van der Waals surface area contributed by atoms with Crippen LogP contribution in [-0.2, 0) is 4.79 Å². The minimum atomic E-state index is -0.131. The molecule has 22 heavy (non-hydrogen) atoms. The zero-order valence-electron chi connectivity index (χ0n) is 13.0. The van der Waals surface area contributed by atoms with E-state index in [2.05, 4.69) is 24.4 Å². The monoisotopic (exact) mass is 298 g/mol. The van der Waals surface area contributed by atoms with Gasteiger partial charge < -0.3 is 15.8 Å². The lowest BCUT2D eigenvalue weighted by Crippen LogP contribution is -2.33. The average molecular weight is 298 g/mol. The predicted molar refractivity (Wildman–Crippen MR) is 88.9 cm³/mol. The SMILES string of the molecule is COc1ccc(-c2ccccc2C(C)CNC(=O)CN)cc1. The van der Waals surface area contributed by atoms with Crippen molar-refractivity contribution >= 4 is 5.91 Å². The lowest BCUT2D eigenvalue weighted by molar-refractivity contribution is -0.119. The Hall–Kier alpha value is -2.33. The quantitative estimate of drug-likeness (QED) is 0.861. The van der Waals surface area contributed by atoms with E-state index in [4.69, 9.17) is 10.5 Å². The maximum atomic E-state index is 11.3. The fraction of sp³-hybridized carbons (Fsp3) is 0.278. The van der Waals surface area contributed by atoms with Crippen LogP contribution in [0.15, 0.2) is 48.5 Å². The van der Waals surface area contributed by atoms with Crippen LogP contribution in [0.1, 0.15) is 18.4 Å². The van der Waals surface area contributed by atoms with Gasteiger partial charge in [0.15, 0.2) is 0 Å². The number of hydrogen-bond acceptors (Lipinski definition) is 3. The van der Waals surface area contributed by atoms with Gasteiger partial charge in [-0.2, -0.15) is 0 Å². The molecule has 1 amide bonds. The molecule has 1 unspecified atom stereocenters. The highest BCUT2D eigenvalue weighted by Gasteiger charge is 2.12. The maximum Gasteiger partial charge on any atom is 0.233 e. The number of methoxy groups -OCH3 is 1. The molecule has 0 radical (unpaired) electrons. The third-order valence-corrected chi connectivity index (χ3v) is 3.68. The molecule has 0 aromatic heterocycles. The van der Waals surface area contributed by atoms with Gasteiger partial charge in [0.1, 0.15) is 5.75 Å². The van der Waals surface area contributed by atoms with Crippen molar-refractivity contribution in [2.75, 3.05) is 20.2 Å². The summed E-state index contributed by atoms with van der Waals surface area (Å²) in [7, 11) is 1.66. The van der Waals surface area contributed by atoms with Crippen molar-refractivity contribution in [3.63, 3.8) is 0 Å². The van der Waals surface area contributed by atoms with Crippen LogP contribution >= 0.6 is 0 Å². The van der Waals surface area contributed by atoms with Gasteiger partial charge in [0.2, 0.25) is 5.91 Å². The van der Waals surface area contributed by atoms with Gasteiger partial charge in [-0.25, -0.2) is 0 Å². The first-order valence-electron chi connectivity index (χ1n) is 7.35. The number of hydrogen-bond donors (Lipinski definition) is 2. The second-order valence-electron chi connectivity index (χ2n) is 5.23. The van der Waals surface area contributed by atoms with Gasteiger partial charge >= 0.3 is 0 Å². The molecule has 0 saturated carbocycles. The van der Waals surface area contributed by atoms with Crippen molar-refractivity contribution in [3.05, 3.63) is 54.1 Å². The smallest absolute Gasteiger partial charge is 0.233 e. The molecule has 1 atom stereocenters. The Labute approximate surface area is 131 Å². The summed E-state index contributed by atoms with van der Waals surface area (Å²) in [5.41, 5.74) is 8.82. The molecule has 0 heterocycles. The van der Waals surface area contributed by atoms with Gasteiger partial charge in [0.25, 0.3) is 0 Å². The molecule has 0 bridgehead atoms. The normalized spacial score (nSPS) is 11.8. The molecule has 0 spiro atoms. The van der Waals surface area contributed by atoms with E-state index >= 15 is 0 Å². The third kappa shape index (κ3) is 3.86. The van der Waals surface area contributed by atoms with Crippen molar-refractivity contribution in [1.29, 1.82) is 0 Å². The summed E-state index contributed by atoms with van der Waals surface area (Å²) in [6.45, 7) is 2.69. The van der Waals surface area contributed by atoms with Gasteiger partial charge in [0, 0.05) is 6.54 Å². The predicted octanol–water partition coefficient (Wildman–Crippen LogP) is 2.54. The molecule has 4 heteroatoms. The van der Waals surface area contributed by atoms with Crippen LogP contribution in [0.25, 0.3) is 11.1 Å². The van der Waals surface area contributed by atoms with Crippen molar-refractivity contribution < 1.29 is 9.53 Å². The van der Waals surface area contributed by atoms with E-state index in [1.165, 1.54) is 11.1 Å². The van der Waals surface area contributed by atoms with Crippen molar-refractivity contribution in [2.45, 2.75) is 12.8 Å². The van der Waals surface area contributed by atoms with E-state index in [0.717, 1.165) is 11.3 Å². The summed E-state index contributed by atoms with van der Waals surface area (Å²) in [5, 5.41) is 2.84. The zero-order valence-corrected chi connectivity index (χ0v) is 13.0. The standard InChI is InChI=1S/C18H22N2O2/c1-13(12-20-18(21)11-19)16-5-3-4-6-17(16)14-7-9-15(22-2)10-8-14/h3-10,13H,11-12,19H2,1-2H3,(H,20,21). The summed E-state index contributed by atoms with van der Waals surface area (Å²) < 4.78 is 5.20. The number of carbonyl (C=O) groups is 1. The van der Waals surface area contributed by atoms with E-state index < -0.39 is 0 Å². The molecule has 0 aliphatic rings. The largest absolute Gasteiger partial charge is 0.497 e. The number of nitrogens with one attached hydrogen (secondary N) is 1. The van der Waals surface area contributed by atoms with Crippen molar-refractivity contribution in [2.24, 2.45) is 5.73 Å². The topological polar surface area (TPSA) is 64.3 Å². The number of ether oxygens (including phenoxy) is 1. The third-order valence-electron chi connectivity index (χ3n) is 3.68. The van der Waals surface area contributed by atoms with Crippen LogP contribution in [0.3, 0.4) is 0 Å². The molecule has 2 rings (SSSR count). The summed E-state index contributed by atoms with van der Waals surface area (Å²) in [5.74, 6) is 0.909. The molecule has 0 fully saturated rings. The Kier molecular flexibility index (Phi) is 5.55. The first-order valence-corrected chi connectivity index (χ1v) is 7.35. The van der Waals surface area contributed by atoms with E-state index in [1.807, 2.05) is 36.4 Å². The molecular weight excluding hydrogens is 276 g/mol. The highest BCUT2D eigenvalue weighted by atomic mass is 16.5. The fourth-order valence-corrected chi connectivity index (χ4v) is 2.41. The molecule has 2 aromatic carbocycles. The number of nitrogens with two attached hydrogens (primary N) is 1. The first-order chi connectivity index (χ1) is 10.7. The molecule has 3 N–H and O–H groups in total. The molecule has 4 nitrogen and oxygen atoms in total. The summed E-state index contributed by atoms with van der Waals surface area (Å²) in [6.07, 6.45) is 0. The molecule has 0 saturated heterocycles. The van der Waals surface area contributed by atoms with Gasteiger partial charge in [-0.3, -0.25) is 4.79 Å². The zero-order chi connectivity index (χ0) is 15.9. The Balaban J connectivity index is 2.23. The lowest BCUT2D eigenvalue weighted by Gasteiger charge is -2.17. The van der Waals surface area contributed by atoms with Crippen molar-refractivity contribution in [1.82, 2.24) is 5.32 Å². The van der Waals surface area contributed by atoms with Gasteiger partial charge in [-0.15, -0.1) is 0 Å². The molecule has 2 aromatic rings. The molecule has 0 aliphatic carbocycles. The van der Waals surface area contributed by atoms with Gasteiger partial charge in [-0.1, -0.05) is 43.3 Å². The van der Waals surface area contributed by atoms with Crippen LogP contribution < -0.4 is 15.8 Å². The van der Waals surface area contributed by atoms with Crippen molar-refractivity contribution in [3.8, 4) is 16.9 Å². The second kappa shape index (κ2) is 7.61. The Bertz CT molecular complexity index is 623. The van der Waals surface area contributed by atoms with Gasteiger partial charge in [0.05, 0.1) is 13.7 Å². The Morgan fingerprint density at radius 3 is 2.50 bits per heavy atom. The van der Waals surface area contributed by atoms with Crippen LogP contribution in [0.5, 0.6) is 5.75 Å². The first kappa shape index (κ1) is 16.0. The van der Waals surface area contributed by atoms with E-state index in [9.17, 15) is 4.79 Å².